The Bertz CT molecular complexity index is 196. The van der Waals surface area contributed by atoms with Gasteiger partial charge in [-0.3, -0.25) is 4.79 Å². The van der Waals surface area contributed by atoms with Gasteiger partial charge in [-0.1, -0.05) is 15.9 Å². The summed E-state index contributed by atoms with van der Waals surface area (Å²) in [5.74, 6) is -0.0337. The van der Waals surface area contributed by atoms with Crippen LogP contribution in [0.1, 0.15) is 0 Å². The summed E-state index contributed by atoms with van der Waals surface area (Å²) in [4.78, 5) is 10.8. The van der Waals surface area contributed by atoms with E-state index in [1.54, 1.807) is 0 Å². The van der Waals surface area contributed by atoms with Crippen molar-refractivity contribution >= 4 is 21.8 Å². The van der Waals surface area contributed by atoms with Crippen LogP contribution in [0.3, 0.4) is 0 Å². The van der Waals surface area contributed by atoms with Crippen LogP contribution in [0.4, 0.5) is 0 Å². The van der Waals surface area contributed by atoms with E-state index in [0.717, 1.165) is 6.54 Å². The zero-order chi connectivity index (χ0) is 13.5. The van der Waals surface area contributed by atoms with Crippen molar-refractivity contribution in [3.63, 3.8) is 0 Å². The maximum absolute atomic E-state index is 10.8. The highest BCUT2D eigenvalue weighted by molar-refractivity contribution is 9.09. The molecule has 2 N–H and O–H groups in total. The highest BCUT2D eigenvalue weighted by Gasteiger charge is 1.96. The molecule has 6 nitrogen and oxygen atoms in total. The van der Waals surface area contributed by atoms with Gasteiger partial charge in [-0.15, -0.1) is 0 Å². The van der Waals surface area contributed by atoms with Gasteiger partial charge < -0.3 is 24.8 Å². The van der Waals surface area contributed by atoms with E-state index in [0.29, 0.717) is 51.5 Å². The SMILES string of the molecule is CNCCOCCOCCOCCNC(=O)CBr. The Morgan fingerprint density at radius 3 is 1.94 bits per heavy atom. The molecule has 0 aliphatic carbocycles. The first-order valence-corrected chi connectivity index (χ1v) is 7.14. The zero-order valence-electron chi connectivity index (χ0n) is 10.9. The third-order valence-electron chi connectivity index (χ3n) is 1.93. The minimum Gasteiger partial charge on any atom is -0.378 e. The van der Waals surface area contributed by atoms with Crippen molar-refractivity contribution in [3.8, 4) is 0 Å². The zero-order valence-corrected chi connectivity index (χ0v) is 12.5. The second kappa shape index (κ2) is 14.8. The molecule has 18 heavy (non-hydrogen) atoms. The molecule has 0 unspecified atom stereocenters. The normalized spacial score (nSPS) is 10.6. The number of nitrogens with one attached hydrogen (secondary N) is 2. The number of amides is 1. The predicted molar refractivity (Wildman–Crippen MR) is 73.2 cm³/mol. The van der Waals surface area contributed by atoms with Crippen molar-refractivity contribution < 1.29 is 19.0 Å². The molecular formula is C11H23BrN2O4. The van der Waals surface area contributed by atoms with Crippen molar-refractivity contribution in [1.82, 2.24) is 10.6 Å². The lowest BCUT2D eigenvalue weighted by Crippen LogP contribution is -2.28. The van der Waals surface area contributed by atoms with Crippen molar-refractivity contribution in [2.75, 3.05) is 65.1 Å². The molecule has 0 heterocycles. The van der Waals surface area contributed by atoms with Gasteiger partial charge >= 0.3 is 0 Å². The Hall–Kier alpha value is -0.210. The van der Waals surface area contributed by atoms with E-state index in [9.17, 15) is 4.79 Å². The highest BCUT2D eigenvalue weighted by atomic mass is 79.9. The molecular weight excluding hydrogens is 304 g/mol. The summed E-state index contributed by atoms with van der Waals surface area (Å²) >= 11 is 3.06. The number of carbonyl (C=O) groups excluding carboxylic acids is 1. The quantitative estimate of drug-likeness (QED) is 0.361. The minimum absolute atomic E-state index is 0.0337. The lowest BCUT2D eigenvalue weighted by molar-refractivity contribution is -0.118. The summed E-state index contributed by atoms with van der Waals surface area (Å²) in [7, 11) is 1.89. The van der Waals surface area contributed by atoms with Crippen LogP contribution in [-0.4, -0.2) is 71.0 Å². The fraction of sp³-hybridized carbons (Fsp3) is 0.909. The number of hydrogen-bond donors (Lipinski definition) is 2. The van der Waals surface area contributed by atoms with Gasteiger partial charge in [0.05, 0.1) is 45.0 Å². The monoisotopic (exact) mass is 326 g/mol. The largest absolute Gasteiger partial charge is 0.378 e. The standard InChI is InChI=1S/C11H23BrN2O4/c1-13-2-4-16-6-8-18-9-7-17-5-3-14-11(15)10-12/h13H,2-10H2,1H3,(H,14,15). The van der Waals surface area contributed by atoms with Gasteiger partial charge in [0.1, 0.15) is 0 Å². The molecule has 0 aromatic carbocycles. The van der Waals surface area contributed by atoms with Gasteiger partial charge in [0.2, 0.25) is 5.91 Å². The van der Waals surface area contributed by atoms with Crippen LogP contribution in [0.25, 0.3) is 0 Å². The molecule has 0 aliphatic heterocycles. The van der Waals surface area contributed by atoms with E-state index in [1.165, 1.54) is 0 Å². The fourth-order valence-electron chi connectivity index (χ4n) is 1.03. The lowest BCUT2D eigenvalue weighted by Gasteiger charge is -2.07. The van der Waals surface area contributed by atoms with Crippen molar-refractivity contribution in [2.24, 2.45) is 0 Å². The summed E-state index contributed by atoms with van der Waals surface area (Å²) in [6.07, 6.45) is 0. The summed E-state index contributed by atoms with van der Waals surface area (Å²) in [5.41, 5.74) is 0. The van der Waals surface area contributed by atoms with E-state index in [2.05, 4.69) is 26.6 Å². The van der Waals surface area contributed by atoms with Crippen LogP contribution in [0.15, 0.2) is 0 Å². The average Bonchev–Trinajstić information content (AvgIpc) is 2.39. The highest BCUT2D eigenvalue weighted by Crippen LogP contribution is 1.82. The number of halogens is 1. The second-order valence-corrected chi connectivity index (χ2v) is 3.98. The third-order valence-corrected chi connectivity index (χ3v) is 2.44. The molecule has 108 valence electrons. The maximum Gasteiger partial charge on any atom is 0.230 e. The molecule has 0 aromatic heterocycles. The summed E-state index contributed by atoms with van der Waals surface area (Å²) < 4.78 is 15.8. The Labute approximate surface area is 117 Å². The maximum atomic E-state index is 10.8. The summed E-state index contributed by atoms with van der Waals surface area (Å²) in [5, 5.41) is 6.00. The van der Waals surface area contributed by atoms with Gasteiger partial charge in [-0.25, -0.2) is 0 Å². The minimum atomic E-state index is -0.0337. The first-order chi connectivity index (χ1) is 8.81. The molecule has 0 spiro atoms. The fourth-order valence-corrected chi connectivity index (χ4v) is 1.22. The molecule has 7 heteroatoms. The molecule has 0 atom stereocenters. The number of alkyl halides is 1. The van der Waals surface area contributed by atoms with Crippen LogP contribution in [-0.2, 0) is 19.0 Å². The van der Waals surface area contributed by atoms with Crippen LogP contribution in [0.2, 0.25) is 0 Å². The van der Waals surface area contributed by atoms with Crippen molar-refractivity contribution in [1.29, 1.82) is 0 Å². The third kappa shape index (κ3) is 13.9. The molecule has 0 aromatic rings. The molecule has 0 radical (unpaired) electrons. The van der Waals surface area contributed by atoms with E-state index in [1.807, 2.05) is 7.05 Å². The molecule has 0 fully saturated rings. The molecule has 0 rings (SSSR count). The Morgan fingerprint density at radius 1 is 0.944 bits per heavy atom. The van der Waals surface area contributed by atoms with Crippen LogP contribution in [0.5, 0.6) is 0 Å². The number of rotatable bonds is 13. The lowest BCUT2D eigenvalue weighted by atomic mass is 10.6. The molecule has 0 saturated heterocycles. The van der Waals surface area contributed by atoms with Crippen LogP contribution in [0, 0.1) is 0 Å². The summed E-state index contributed by atoms with van der Waals surface area (Å²) in [6, 6.07) is 0. The average molecular weight is 327 g/mol. The Kier molecular flexibility index (Phi) is 14.7. The summed E-state index contributed by atoms with van der Waals surface area (Å²) in [6.45, 7) is 4.82. The molecule has 0 bridgehead atoms. The first kappa shape index (κ1) is 17.8. The van der Waals surface area contributed by atoms with Crippen molar-refractivity contribution in [2.45, 2.75) is 0 Å². The molecule has 1 amide bonds. The van der Waals surface area contributed by atoms with Gasteiger partial charge in [0, 0.05) is 13.1 Å². The van der Waals surface area contributed by atoms with Gasteiger partial charge in [-0.2, -0.15) is 0 Å². The Morgan fingerprint density at radius 2 is 1.44 bits per heavy atom. The number of carbonyl (C=O) groups is 1. The van der Waals surface area contributed by atoms with E-state index in [4.69, 9.17) is 14.2 Å². The van der Waals surface area contributed by atoms with Crippen LogP contribution < -0.4 is 10.6 Å². The second-order valence-electron chi connectivity index (χ2n) is 3.42. The Balaban J connectivity index is 2.97. The van der Waals surface area contributed by atoms with E-state index in [-0.39, 0.29) is 5.91 Å². The van der Waals surface area contributed by atoms with E-state index >= 15 is 0 Å². The van der Waals surface area contributed by atoms with Gasteiger partial charge in [-0.05, 0) is 7.05 Å². The van der Waals surface area contributed by atoms with Gasteiger partial charge in [0.15, 0.2) is 0 Å². The topological polar surface area (TPSA) is 68.8 Å². The van der Waals surface area contributed by atoms with Crippen molar-refractivity contribution in [3.05, 3.63) is 0 Å². The number of likely N-dealkylation sites (N-methyl/N-ethyl adjacent to an activating group) is 1. The van der Waals surface area contributed by atoms with Crippen LogP contribution >= 0.6 is 15.9 Å². The van der Waals surface area contributed by atoms with E-state index < -0.39 is 0 Å². The predicted octanol–water partition coefficient (Wildman–Crippen LogP) is -0.233. The molecule has 0 saturated carbocycles. The number of hydrogen-bond acceptors (Lipinski definition) is 5. The number of ether oxygens (including phenoxy) is 3. The van der Waals surface area contributed by atoms with Gasteiger partial charge in [0.25, 0.3) is 0 Å². The molecule has 0 aliphatic rings. The smallest absolute Gasteiger partial charge is 0.230 e. The first-order valence-electron chi connectivity index (χ1n) is 6.01.